The maximum atomic E-state index is 15.2. The molecule has 2 amide bonds. The summed E-state index contributed by atoms with van der Waals surface area (Å²) in [5, 5.41) is 8.80. The van der Waals surface area contributed by atoms with Gasteiger partial charge in [-0.1, -0.05) is 43.4 Å². The van der Waals surface area contributed by atoms with Crippen LogP contribution in [0.15, 0.2) is 31.0 Å². The summed E-state index contributed by atoms with van der Waals surface area (Å²) in [6, 6.07) is 3.08. The monoisotopic (exact) mass is 618 g/mol. The SMILES string of the molecule is C=CC(=O)N1CC(n2nc(C#Cc3cc4ncc(F)c(C5CC56CCCCC6)c4cc3Cl)c(C(N)=O)c2NC)C[C@@H]1COC. The predicted octanol–water partition coefficient (Wildman–Crippen LogP) is 5.18. The molecule has 3 aromatic rings. The van der Waals surface area contributed by atoms with Crippen LogP contribution in [0.3, 0.4) is 0 Å². The molecule has 1 spiro atoms. The molecule has 44 heavy (non-hydrogen) atoms. The van der Waals surface area contributed by atoms with Gasteiger partial charge in [0, 0.05) is 37.2 Å². The van der Waals surface area contributed by atoms with Gasteiger partial charge in [0.2, 0.25) is 5.91 Å². The van der Waals surface area contributed by atoms with Crippen molar-refractivity contribution < 1.29 is 18.7 Å². The molecule has 1 saturated heterocycles. The highest BCUT2D eigenvalue weighted by Crippen LogP contribution is 2.67. The Morgan fingerprint density at radius 3 is 2.75 bits per heavy atom. The number of nitrogens with two attached hydrogens (primary N) is 1. The molecule has 3 fully saturated rings. The number of nitrogens with one attached hydrogen (secondary N) is 1. The van der Waals surface area contributed by atoms with Gasteiger partial charge in [0.05, 0.1) is 35.4 Å². The number of hydrogen-bond donors (Lipinski definition) is 2. The van der Waals surface area contributed by atoms with E-state index in [1.807, 2.05) is 0 Å². The second-order valence-electron chi connectivity index (χ2n) is 12.1. The standard InChI is InChI=1S/C33H36ClFN6O3/c1-4-28(42)40-17-20(13-21(40)18-44-3)41-32(37-2)30(31(36)43)26(39-41)9-8-19-12-27-22(14-24(19)34)29(25(35)16-38-27)23-15-33(23)10-6-5-7-11-33/h4,12,14,16,20-21,23,37H,1,5-7,10-11,13,15,17-18H2,2-3H3,(H2,36,43)/t20?,21-,23?/m1/s1. The summed E-state index contributed by atoms with van der Waals surface area (Å²) in [5.74, 6) is 5.44. The first kappa shape index (κ1) is 30.1. The molecule has 230 valence electrons. The molecule has 0 bridgehead atoms. The Bertz CT molecular complexity index is 1720. The van der Waals surface area contributed by atoms with E-state index in [4.69, 9.17) is 22.1 Å². The zero-order valence-corrected chi connectivity index (χ0v) is 25.7. The maximum Gasteiger partial charge on any atom is 0.255 e. The maximum absolute atomic E-state index is 15.2. The Labute approximate surface area is 261 Å². The zero-order chi connectivity index (χ0) is 31.2. The summed E-state index contributed by atoms with van der Waals surface area (Å²) in [7, 11) is 3.25. The Morgan fingerprint density at radius 1 is 1.30 bits per heavy atom. The molecular formula is C33H36ClFN6O3. The van der Waals surface area contributed by atoms with E-state index in [9.17, 15) is 9.59 Å². The van der Waals surface area contributed by atoms with E-state index < -0.39 is 5.91 Å². The number of anilines is 1. The fourth-order valence-corrected chi connectivity index (χ4v) is 7.63. The molecule has 2 aliphatic carbocycles. The average molecular weight is 619 g/mol. The minimum absolute atomic E-state index is 0.141. The third kappa shape index (κ3) is 5.22. The number of amides is 2. The van der Waals surface area contributed by atoms with Gasteiger partial charge in [0.25, 0.3) is 5.91 Å². The highest BCUT2D eigenvalue weighted by molar-refractivity contribution is 6.32. The van der Waals surface area contributed by atoms with E-state index in [0.29, 0.717) is 47.1 Å². The van der Waals surface area contributed by atoms with Crippen LogP contribution < -0.4 is 11.1 Å². The molecule has 11 heteroatoms. The number of halogens is 2. The molecule has 0 radical (unpaired) electrons. The van der Waals surface area contributed by atoms with Crippen molar-refractivity contribution in [2.24, 2.45) is 11.1 Å². The van der Waals surface area contributed by atoms with Crippen LogP contribution in [-0.4, -0.2) is 64.8 Å². The number of ether oxygens (including phenoxy) is 1. The predicted molar refractivity (Wildman–Crippen MR) is 167 cm³/mol. The number of likely N-dealkylation sites (tertiary alicyclic amines) is 1. The van der Waals surface area contributed by atoms with Gasteiger partial charge >= 0.3 is 0 Å². The Balaban J connectivity index is 1.35. The van der Waals surface area contributed by atoms with Crippen molar-refractivity contribution in [2.75, 3.05) is 32.6 Å². The van der Waals surface area contributed by atoms with Gasteiger partial charge in [-0.3, -0.25) is 14.6 Å². The lowest BCUT2D eigenvalue weighted by atomic mass is 9.82. The average Bonchev–Trinajstić information content (AvgIpc) is 3.34. The number of nitrogens with zero attached hydrogens (tertiary/aromatic N) is 4. The Kier molecular flexibility index (Phi) is 8.12. The minimum atomic E-state index is -0.692. The van der Waals surface area contributed by atoms with Crippen LogP contribution in [0.25, 0.3) is 10.9 Å². The number of pyridine rings is 1. The summed E-state index contributed by atoms with van der Waals surface area (Å²) in [6.07, 6.45) is 10.0. The fraction of sp³-hybridized carbons (Fsp3) is 0.455. The van der Waals surface area contributed by atoms with Gasteiger partial charge in [-0.05, 0) is 61.1 Å². The molecule has 3 aliphatic rings. The molecule has 3 heterocycles. The van der Waals surface area contributed by atoms with E-state index in [2.05, 4.69) is 33.8 Å². The van der Waals surface area contributed by atoms with Crippen molar-refractivity contribution in [3.05, 3.63) is 64.2 Å². The van der Waals surface area contributed by atoms with Crippen LogP contribution in [0.5, 0.6) is 0 Å². The van der Waals surface area contributed by atoms with Gasteiger partial charge in [-0.25, -0.2) is 9.07 Å². The van der Waals surface area contributed by atoms with Crippen LogP contribution in [0, 0.1) is 23.1 Å². The zero-order valence-electron chi connectivity index (χ0n) is 25.0. The number of fused-ring (bicyclic) bond motifs is 1. The summed E-state index contributed by atoms with van der Waals surface area (Å²) >= 11 is 6.73. The van der Waals surface area contributed by atoms with Crippen molar-refractivity contribution in [3.63, 3.8) is 0 Å². The van der Waals surface area contributed by atoms with E-state index in [-0.39, 0.29) is 46.4 Å². The van der Waals surface area contributed by atoms with Crippen LogP contribution in [0.4, 0.5) is 10.2 Å². The van der Waals surface area contributed by atoms with Gasteiger partial charge in [0.15, 0.2) is 5.69 Å². The van der Waals surface area contributed by atoms with Crippen LogP contribution >= 0.6 is 11.6 Å². The largest absolute Gasteiger partial charge is 0.383 e. The number of rotatable bonds is 7. The summed E-state index contributed by atoms with van der Waals surface area (Å²) in [4.78, 5) is 31.2. The molecule has 2 unspecified atom stereocenters. The highest BCUT2D eigenvalue weighted by Gasteiger charge is 2.55. The Hall–Kier alpha value is -3.94. The molecule has 2 aromatic heterocycles. The van der Waals surface area contributed by atoms with Crippen molar-refractivity contribution in [2.45, 2.75) is 62.9 Å². The van der Waals surface area contributed by atoms with Crippen LogP contribution in [0.1, 0.15) is 84.1 Å². The molecule has 1 aliphatic heterocycles. The summed E-state index contributed by atoms with van der Waals surface area (Å²) in [5.41, 5.74) is 8.13. The highest BCUT2D eigenvalue weighted by atomic mass is 35.5. The fourth-order valence-electron chi connectivity index (χ4n) is 7.42. The lowest BCUT2D eigenvalue weighted by molar-refractivity contribution is -0.127. The van der Waals surface area contributed by atoms with E-state index in [1.54, 1.807) is 35.9 Å². The lowest BCUT2D eigenvalue weighted by Gasteiger charge is -2.23. The smallest absolute Gasteiger partial charge is 0.255 e. The lowest BCUT2D eigenvalue weighted by Crippen LogP contribution is -2.37. The van der Waals surface area contributed by atoms with Gasteiger partial charge < -0.3 is 20.7 Å². The Morgan fingerprint density at radius 2 is 2.07 bits per heavy atom. The molecule has 2 saturated carbocycles. The number of carbonyl (C=O) groups excluding carboxylic acids is 2. The molecule has 3 N–H and O–H groups in total. The number of aromatic nitrogens is 3. The third-order valence-corrected chi connectivity index (χ3v) is 9.91. The van der Waals surface area contributed by atoms with Crippen molar-refractivity contribution in [3.8, 4) is 11.8 Å². The van der Waals surface area contributed by atoms with Crippen molar-refractivity contribution >= 4 is 40.1 Å². The number of primary amides is 1. The molecule has 9 nitrogen and oxygen atoms in total. The second kappa shape index (κ2) is 11.9. The third-order valence-electron chi connectivity index (χ3n) is 9.60. The number of benzene rings is 1. The normalized spacial score (nSPS) is 22.1. The first-order valence-corrected chi connectivity index (χ1v) is 15.4. The number of methoxy groups -OCH3 is 1. The van der Waals surface area contributed by atoms with E-state index in [0.717, 1.165) is 24.6 Å². The summed E-state index contributed by atoms with van der Waals surface area (Å²) < 4.78 is 22.2. The topological polar surface area (TPSA) is 115 Å². The van der Waals surface area contributed by atoms with E-state index in [1.165, 1.54) is 31.5 Å². The summed E-state index contributed by atoms with van der Waals surface area (Å²) in [6.45, 7) is 4.31. The van der Waals surface area contributed by atoms with Gasteiger partial charge in [0.1, 0.15) is 17.2 Å². The van der Waals surface area contributed by atoms with Crippen LogP contribution in [-0.2, 0) is 9.53 Å². The molecule has 3 atom stereocenters. The van der Waals surface area contributed by atoms with Crippen LogP contribution in [0.2, 0.25) is 5.02 Å². The first-order chi connectivity index (χ1) is 21.2. The molecule has 6 rings (SSSR count). The second-order valence-corrected chi connectivity index (χ2v) is 12.5. The first-order valence-electron chi connectivity index (χ1n) is 15.0. The number of hydrogen-bond acceptors (Lipinski definition) is 6. The minimum Gasteiger partial charge on any atom is -0.383 e. The quantitative estimate of drug-likeness (QED) is 0.279. The van der Waals surface area contributed by atoms with Crippen molar-refractivity contribution in [1.82, 2.24) is 19.7 Å². The van der Waals surface area contributed by atoms with Crippen molar-refractivity contribution in [1.29, 1.82) is 0 Å². The molecular weight excluding hydrogens is 583 g/mol. The number of carbonyl (C=O) groups is 2. The van der Waals surface area contributed by atoms with E-state index >= 15 is 4.39 Å². The van der Waals surface area contributed by atoms with Gasteiger partial charge in [-0.2, -0.15) is 5.10 Å². The van der Waals surface area contributed by atoms with Gasteiger partial charge in [-0.15, -0.1) is 0 Å². The molecule has 1 aromatic carbocycles.